The fraction of sp³-hybridized carbons (Fsp3) is 0.600. The average molecular weight is 220 g/mol. The van der Waals surface area contributed by atoms with Gasteiger partial charge >= 0.3 is 0 Å². The molecule has 0 aliphatic carbocycles. The molecule has 1 atom stereocenters. The summed E-state index contributed by atoms with van der Waals surface area (Å²) in [7, 11) is 0. The van der Waals surface area contributed by atoms with E-state index in [1.807, 2.05) is 6.07 Å². The van der Waals surface area contributed by atoms with Crippen LogP contribution in [0.4, 0.5) is 0 Å². The van der Waals surface area contributed by atoms with Gasteiger partial charge in [0.15, 0.2) is 0 Å². The molecule has 1 unspecified atom stereocenters. The minimum absolute atomic E-state index is 0.112. The molecule has 0 saturated heterocycles. The van der Waals surface area contributed by atoms with Gasteiger partial charge in [-0.1, -0.05) is 57.0 Å². The van der Waals surface area contributed by atoms with Gasteiger partial charge < -0.3 is 5.11 Å². The minimum Gasteiger partial charge on any atom is -0.393 e. The van der Waals surface area contributed by atoms with E-state index in [0.29, 0.717) is 5.92 Å². The molecule has 1 heteroatoms. The lowest BCUT2D eigenvalue weighted by Gasteiger charge is -2.19. The van der Waals surface area contributed by atoms with Gasteiger partial charge in [0.2, 0.25) is 0 Å². The fourth-order valence-electron chi connectivity index (χ4n) is 2.23. The molecule has 0 bridgehead atoms. The highest BCUT2D eigenvalue weighted by atomic mass is 16.3. The van der Waals surface area contributed by atoms with Crippen LogP contribution in [0.25, 0.3) is 0 Å². The van der Waals surface area contributed by atoms with E-state index in [2.05, 4.69) is 38.1 Å². The van der Waals surface area contributed by atoms with Crippen LogP contribution in [0.5, 0.6) is 0 Å². The van der Waals surface area contributed by atoms with Crippen molar-refractivity contribution in [1.82, 2.24) is 0 Å². The lowest BCUT2D eigenvalue weighted by molar-refractivity contribution is 0.0923. The monoisotopic (exact) mass is 220 g/mol. The maximum absolute atomic E-state index is 9.99. The topological polar surface area (TPSA) is 20.2 Å². The number of aliphatic hydroxyl groups is 1. The highest BCUT2D eigenvalue weighted by Gasteiger charge is 2.14. The fourth-order valence-corrected chi connectivity index (χ4v) is 2.23. The highest BCUT2D eigenvalue weighted by Crippen LogP contribution is 2.18. The smallest absolute Gasteiger partial charge is 0.0568 e. The second-order valence-electron chi connectivity index (χ2n) is 4.52. The summed E-state index contributed by atoms with van der Waals surface area (Å²) in [4.78, 5) is 0. The molecule has 0 radical (unpaired) electrons. The molecule has 1 rings (SSSR count). The largest absolute Gasteiger partial charge is 0.393 e. The van der Waals surface area contributed by atoms with Crippen molar-refractivity contribution in [2.24, 2.45) is 5.92 Å². The van der Waals surface area contributed by atoms with Gasteiger partial charge in [-0.2, -0.15) is 0 Å². The van der Waals surface area contributed by atoms with Crippen LogP contribution in [-0.2, 0) is 6.42 Å². The highest BCUT2D eigenvalue weighted by molar-refractivity contribution is 5.14. The molecule has 0 aliphatic heterocycles. The van der Waals surface area contributed by atoms with E-state index in [1.165, 1.54) is 5.56 Å². The van der Waals surface area contributed by atoms with E-state index in [-0.39, 0.29) is 6.10 Å². The zero-order valence-corrected chi connectivity index (χ0v) is 10.5. The standard InChI is InChI=1S/C15H24O/c1-3-14(4-2)15(16)12-8-11-13-9-6-5-7-10-13/h5-7,9-10,14-16H,3-4,8,11-12H2,1-2H3. The first-order chi connectivity index (χ1) is 7.77. The van der Waals surface area contributed by atoms with Crippen molar-refractivity contribution in [3.63, 3.8) is 0 Å². The molecule has 1 nitrogen and oxygen atoms in total. The molecule has 90 valence electrons. The molecular weight excluding hydrogens is 196 g/mol. The van der Waals surface area contributed by atoms with Gasteiger partial charge in [-0.25, -0.2) is 0 Å². The first-order valence-corrected chi connectivity index (χ1v) is 6.49. The van der Waals surface area contributed by atoms with Crippen LogP contribution >= 0.6 is 0 Å². The van der Waals surface area contributed by atoms with Gasteiger partial charge in [-0.05, 0) is 30.7 Å². The van der Waals surface area contributed by atoms with Gasteiger partial charge in [0.25, 0.3) is 0 Å². The van der Waals surface area contributed by atoms with Crippen LogP contribution in [0, 0.1) is 5.92 Å². The zero-order valence-electron chi connectivity index (χ0n) is 10.5. The average Bonchev–Trinajstić information content (AvgIpc) is 2.32. The van der Waals surface area contributed by atoms with Crippen molar-refractivity contribution >= 4 is 0 Å². The van der Waals surface area contributed by atoms with Crippen LogP contribution in [0.15, 0.2) is 30.3 Å². The van der Waals surface area contributed by atoms with Crippen LogP contribution in [0.2, 0.25) is 0 Å². The number of aliphatic hydroxyl groups excluding tert-OH is 1. The van der Waals surface area contributed by atoms with Crippen molar-refractivity contribution in [3.05, 3.63) is 35.9 Å². The van der Waals surface area contributed by atoms with E-state index in [0.717, 1.165) is 32.1 Å². The first kappa shape index (κ1) is 13.2. The van der Waals surface area contributed by atoms with Crippen LogP contribution < -0.4 is 0 Å². The number of aryl methyl sites for hydroxylation is 1. The molecule has 0 fully saturated rings. The van der Waals surface area contributed by atoms with Crippen molar-refractivity contribution < 1.29 is 5.11 Å². The SMILES string of the molecule is CCC(CC)C(O)CCCc1ccccc1. The maximum atomic E-state index is 9.99. The van der Waals surface area contributed by atoms with E-state index in [1.54, 1.807) is 0 Å². The lowest BCUT2D eigenvalue weighted by Crippen LogP contribution is -2.19. The third-order valence-corrected chi connectivity index (χ3v) is 3.40. The van der Waals surface area contributed by atoms with Crippen LogP contribution in [0.1, 0.15) is 45.1 Å². The molecule has 0 saturated carbocycles. The van der Waals surface area contributed by atoms with E-state index < -0.39 is 0 Å². The third kappa shape index (κ3) is 4.36. The Morgan fingerprint density at radius 3 is 2.25 bits per heavy atom. The van der Waals surface area contributed by atoms with Crippen molar-refractivity contribution in [2.45, 2.75) is 52.1 Å². The summed E-state index contributed by atoms with van der Waals surface area (Å²) in [6.45, 7) is 4.32. The van der Waals surface area contributed by atoms with E-state index in [4.69, 9.17) is 0 Å². The van der Waals surface area contributed by atoms with E-state index >= 15 is 0 Å². The molecule has 0 aromatic heterocycles. The normalized spacial score (nSPS) is 13.0. The van der Waals surface area contributed by atoms with Gasteiger partial charge in [0, 0.05) is 0 Å². The van der Waals surface area contributed by atoms with Crippen molar-refractivity contribution in [1.29, 1.82) is 0 Å². The molecule has 16 heavy (non-hydrogen) atoms. The Labute approximate surface area is 99.5 Å². The van der Waals surface area contributed by atoms with Gasteiger partial charge in [-0.15, -0.1) is 0 Å². The Kier molecular flexibility index (Phi) is 6.17. The number of hydrogen-bond acceptors (Lipinski definition) is 1. The summed E-state index contributed by atoms with van der Waals surface area (Å²) in [5.41, 5.74) is 1.37. The number of hydrogen-bond donors (Lipinski definition) is 1. The summed E-state index contributed by atoms with van der Waals surface area (Å²) in [5.74, 6) is 0.482. The lowest BCUT2D eigenvalue weighted by atomic mass is 9.92. The molecule has 1 aromatic rings. The number of benzene rings is 1. The summed E-state index contributed by atoms with van der Waals surface area (Å²) >= 11 is 0. The predicted octanol–water partition coefficient (Wildman–Crippen LogP) is 3.81. The molecule has 0 heterocycles. The van der Waals surface area contributed by atoms with Crippen molar-refractivity contribution in [3.8, 4) is 0 Å². The van der Waals surface area contributed by atoms with Gasteiger partial charge in [-0.3, -0.25) is 0 Å². The van der Waals surface area contributed by atoms with Gasteiger partial charge in [0.05, 0.1) is 6.10 Å². The second kappa shape index (κ2) is 7.45. The van der Waals surface area contributed by atoms with Crippen LogP contribution in [0.3, 0.4) is 0 Å². The van der Waals surface area contributed by atoms with E-state index in [9.17, 15) is 5.11 Å². The molecular formula is C15H24O. The first-order valence-electron chi connectivity index (χ1n) is 6.49. The third-order valence-electron chi connectivity index (χ3n) is 3.40. The predicted molar refractivity (Wildman–Crippen MR) is 69.5 cm³/mol. The maximum Gasteiger partial charge on any atom is 0.0568 e. The minimum atomic E-state index is -0.112. The summed E-state index contributed by atoms with van der Waals surface area (Å²) in [5, 5.41) is 9.99. The Bertz CT molecular complexity index is 264. The summed E-state index contributed by atoms with van der Waals surface area (Å²) < 4.78 is 0. The molecule has 0 spiro atoms. The van der Waals surface area contributed by atoms with Crippen LogP contribution in [-0.4, -0.2) is 11.2 Å². The summed E-state index contributed by atoms with van der Waals surface area (Å²) in [6.07, 6.45) is 5.16. The Morgan fingerprint density at radius 1 is 1.06 bits per heavy atom. The molecule has 0 aliphatic rings. The zero-order chi connectivity index (χ0) is 11.8. The quantitative estimate of drug-likeness (QED) is 0.741. The Hall–Kier alpha value is -0.820. The summed E-state index contributed by atoms with van der Waals surface area (Å²) in [6, 6.07) is 10.5. The van der Waals surface area contributed by atoms with Crippen molar-refractivity contribution in [2.75, 3.05) is 0 Å². The molecule has 1 aromatic carbocycles. The van der Waals surface area contributed by atoms with Gasteiger partial charge in [0.1, 0.15) is 0 Å². The molecule has 1 N–H and O–H groups in total. The number of rotatable bonds is 7. The Morgan fingerprint density at radius 2 is 1.69 bits per heavy atom. The second-order valence-corrected chi connectivity index (χ2v) is 4.52. The molecule has 0 amide bonds. The Balaban J connectivity index is 2.25.